The third-order valence-electron chi connectivity index (χ3n) is 4.48. The smallest absolute Gasteiger partial charge is 0.269 e. The fourth-order valence-corrected chi connectivity index (χ4v) is 4.26. The van der Waals surface area contributed by atoms with Crippen LogP contribution in [-0.4, -0.2) is 44.4 Å². The van der Waals surface area contributed by atoms with Crippen LogP contribution in [0.1, 0.15) is 12.8 Å². The monoisotopic (exact) mass is 375 g/mol. The zero-order valence-corrected chi connectivity index (χ0v) is 15.1. The zero-order chi connectivity index (χ0) is 18.6. The van der Waals surface area contributed by atoms with Gasteiger partial charge in [-0.3, -0.25) is 10.1 Å². The Morgan fingerprint density at radius 1 is 0.962 bits per heavy atom. The molecule has 1 fully saturated rings. The van der Waals surface area contributed by atoms with Gasteiger partial charge in [-0.1, -0.05) is 0 Å². The van der Waals surface area contributed by atoms with Crippen molar-refractivity contribution in [3.05, 3.63) is 58.6 Å². The van der Waals surface area contributed by atoms with Crippen molar-refractivity contribution in [2.24, 2.45) is 0 Å². The first-order valence-corrected chi connectivity index (χ1v) is 10.0. The molecule has 0 aromatic heterocycles. The summed E-state index contributed by atoms with van der Waals surface area (Å²) < 4.78 is 25.2. The highest BCUT2D eigenvalue weighted by Crippen LogP contribution is 2.24. The second-order valence-corrected chi connectivity index (χ2v) is 8.20. The maximum absolute atomic E-state index is 12.6. The first-order valence-electron chi connectivity index (χ1n) is 8.53. The predicted octanol–water partition coefficient (Wildman–Crippen LogP) is 2.94. The van der Waals surface area contributed by atoms with E-state index in [4.69, 9.17) is 0 Å². The average Bonchev–Trinajstić information content (AvgIpc) is 3.16. The third-order valence-corrected chi connectivity index (χ3v) is 6.26. The number of rotatable bonds is 7. The summed E-state index contributed by atoms with van der Waals surface area (Å²) in [5, 5.41) is 14.0. The zero-order valence-electron chi connectivity index (χ0n) is 14.3. The SMILES string of the molecule is O=[N+]([O-])c1ccc(S(=O)(=O)c2ccc(NCCN3CCCC3)cc2)cc1. The van der Waals surface area contributed by atoms with Crippen molar-refractivity contribution in [3.8, 4) is 0 Å². The minimum atomic E-state index is -3.69. The molecule has 1 aliphatic rings. The molecule has 2 aromatic carbocycles. The largest absolute Gasteiger partial charge is 0.384 e. The molecule has 0 amide bonds. The normalized spacial score (nSPS) is 15.1. The molecule has 3 rings (SSSR count). The van der Waals surface area contributed by atoms with Crippen LogP contribution in [-0.2, 0) is 9.84 Å². The summed E-state index contributed by atoms with van der Waals surface area (Å²) in [4.78, 5) is 12.7. The van der Waals surface area contributed by atoms with E-state index in [1.165, 1.54) is 37.1 Å². The minimum Gasteiger partial charge on any atom is -0.384 e. The van der Waals surface area contributed by atoms with Crippen LogP contribution < -0.4 is 5.32 Å². The van der Waals surface area contributed by atoms with Gasteiger partial charge >= 0.3 is 0 Å². The van der Waals surface area contributed by atoms with Gasteiger partial charge in [0.2, 0.25) is 9.84 Å². The average molecular weight is 375 g/mol. The van der Waals surface area contributed by atoms with Crippen LogP contribution in [0.3, 0.4) is 0 Å². The molecule has 0 radical (unpaired) electrons. The summed E-state index contributed by atoms with van der Waals surface area (Å²) in [5.41, 5.74) is 0.730. The van der Waals surface area contributed by atoms with E-state index in [-0.39, 0.29) is 15.5 Å². The van der Waals surface area contributed by atoms with Crippen molar-refractivity contribution in [3.63, 3.8) is 0 Å². The van der Waals surface area contributed by atoms with Gasteiger partial charge in [-0.05, 0) is 62.3 Å². The second-order valence-electron chi connectivity index (χ2n) is 6.25. The van der Waals surface area contributed by atoms with Crippen LogP contribution in [0.5, 0.6) is 0 Å². The summed E-state index contributed by atoms with van der Waals surface area (Å²) in [6.07, 6.45) is 2.52. The maximum Gasteiger partial charge on any atom is 0.269 e. The maximum atomic E-state index is 12.6. The summed E-state index contributed by atoms with van der Waals surface area (Å²) in [5.74, 6) is 0. The highest BCUT2D eigenvalue weighted by molar-refractivity contribution is 7.91. The number of nitro groups is 1. The number of nitro benzene ring substituents is 1. The van der Waals surface area contributed by atoms with Gasteiger partial charge in [0.1, 0.15) is 0 Å². The third kappa shape index (κ3) is 4.20. The van der Waals surface area contributed by atoms with E-state index >= 15 is 0 Å². The molecular weight excluding hydrogens is 354 g/mol. The summed E-state index contributed by atoms with van der Waals surface area (Å²) >= 11 is 0. The van der Waals surface area contributed by atoms with Crippen LogP contribution in [0.2, 0.25) is 0 Å². The Labute approximate surface area is 152 Å². The molecule has 0 bridgehead atoms. The van der Waals surface area contributed by atoms with Crippen LogP contribution in [0.4, 0.5) is 11.4 Å². The lowest BCUT2D eigenvalue weighted by Gasteiger charge is -2.15. The predicted molar refractivity (Wildman–Crippen MR) is 99.2 cm³/mol. The number of hydrogen-bond acceptors (Lipinski definition) is 6. The lowest BCUT2D eigenvalue weighted by atomic mass is 10.3. The topological polar surface area (TPSA) is 92.5 Å². The molecule has 1 heterocycles. The Morgan fingerprint density at radius 2 is 1.50 bits per heavy atom. The molecule has 138 valence electrons. The molecule has 26 heavy (non-hydrogen) atoms. The minimum absolute atomic E-state index is 0.0397. The van der Waals surface area contributed by atoms with Crippen LogP contribution in [0.15, 0.2) is 58.3 Å². The van der Waals surface area contributed by atoms with Crippen molar-refractivity contribution in [2.75, 3.05) is 31.5 Å². The van der Waals surface area contributed by atoms with Crippen molar-refractivity contribution >= 4 is 21.2 Å². The molecule has 1 saturated heterocycles. The molecule has 0 unspecified atom stereocenters. The van der Waals surface area contributed by atoms with Gasteiger partial charge in [-0.15, -0.1) is 0 Å². The molecule has 0 spiro atoms. The number of likely N-dealkylation sites (tertiary alicyclic amines) is 1. The number of hydrogen-bond donors (Lipinski definition) is 1. The van der Waals surface area contributed by atoms with E-state index in [1.54, 1.807) is 24.3 Å². The second kappa shape index (κ2) is 7.84. The Kier molecular flexibility index (Phi) is 5.53. The molecule has 8 heteroatoms. The number of anilines is 1. The number of nitrogens with one attached hydrogen (secondary N) is 1. The van der Waals surface area contributed by atoms with Crippen LogP contribution in [0, 0.1) is 10.1 Å². The Hall–Kier alpha value is -2.45. The Morgan fingerprint density at radius 3 is 2.04 bits per heavy atom. The summed E-state index contributed by atoms with van der Waals surface area (Å²) in [6, 6.07) is 11.5. The number of nitrogens with zero attached hydrogens (tertiary/aromatic N) is 2. The van der Waals surface area contributed by atoms with Gasteiger partial charge in [0.15, 0.2) is 0 Å². The fraction of sp³-hybridized carbons (Fsp3) is 0.333. The quantitative estimate of drug-likeness (QED) is 0.591. The number of benzene rings is 2. The molecule has 7 nitrogen and oxygen atoms in total. The molecule has 2 aromatic rings. The van der Waals surface area contributed by atoms with E-state index in [1.807, 2.05) is 0 Å². The van der Waals surface area contributed by atoms with E-state index in [2.05, 4.69) is 10.2 Å². The van der Waals surface area contributed by atoms with Crippen molar-refractivity contribution in [2.45, 2.75) is 22.6 Å². The van der Waals surface area contributed by atoms with Crippen molar-refractivity contribution in [1.82, 2.24) is 4.90 Å². The van der Waals surface area contributed by atoms with Gasteiger partial charge in [-0.2, -0.15) is 0 Å². The van der Waals surface area contributed by atoms with Gasteiger partial charge in [0.05, 0.1) is 14.7 Å². The molecular formula is C18H21N3O4S. The summed E-state index contributed by atoms with van der Waals surface area (Å²) in [6.45, 7) is 4.08. The number of sulfone groups is 1. The Bertz CT molecular complexity index is 858. The highest BCUT2D eigenvalue weighted by Gasteiger charge is 2.19. The molecule has 0 aliphatic carbocycles. The lowest BCUT2D eigenvalue weighted by Crippen LogP contribution is -2.25. The molecule has 1 aliphatic heterocycles. The standard InChI is InChI=1S/C18H21N3O4S/c22-21(23)16-5-9-18(10-6-16)26(24,25)17-7-3-15(4-8-17)19-11-14-20-12-1-2-13-20/h3-10,19H,1-2,11-14H2. The Balaban J connectivity index is 1.65. The van der Waals surface area contributed by atoms with Crippen LogP contribution >= 0.6 is 0 Å². The first kappa shape index (κ1) is 18.3. The lowest BCUT2D eigenvalue weighted by molar-refractivity contribution is -0.384. The van der Waals surface area contributed by atoms with E-state index in [9.17, 15) is 18.5 Å². The number of non-ortho nitro benzene ring substituents is 1. The van der Waals surface area contributed by atoms with Crippen molar-refractivity contribution in [1.29, 1.82) is 0 Å². The molecule has 0 saturated carbocycles. The molecule has 0 atom stereocenters. The van der Waals surface area contributed by atoms with Gasteiger partial charge in [0, 0.05) is 30.9 Å². The first-order chi connectivity index (χ1) is 12.5. The van der Waals surface area contributed by atoms with Gasteiger partial charge in [-0.25, -0.2) is 8.42 Å². The van der Waals surface area contributed by atoms with Gasteiger partial charge in [0.25, 0.3) is 5.69 Å². The summed E-state index contributed by atoms with van der Waals surface area (Å²) in [7, 11) is -3.69. The van der Waals surface area contributed by atoms with E-state index in [0.717, 1.165) is 31.9 Å². The van der Waals surface area contributed by atoms with Crippen molar-refractivity contribution < 1.29 is 13.3 Å². The molecule has 1 N–H and O–H groups in total. The fourth-order valence-electron chi connectivity index (χ4n) is 3.00. The highest BCUT2D eigenvalue weighted by atomic mass is 32.2. The van der Waals surface area contributed by atoms with Gasteiger partial charge < -0.3 is 10.2 Å². The van der Waals surface area contributed by atoms with E-state index < -0.39 is 14.8 Å². The van der Waals surface area contributed by atoms with Crippen LogP contribution in [0.25, 0.3) is 0 Å². The van der Waals surface area contributed by atoms with E-state index in [0.29, 0.717) is 0 Å².